The van der Waals surface area contributed by atoms with Crippen LogP contribution in [0.5, 0.6) is 0 Å². The quantitative estimate of drug-likeness (QED) is 0.704. The van der Waals surface area contributed by atoms with Crippen molar-refractivity contribution in [2.45, 2.75) is 32.4 Å². The third-order valence-electron chi connectivity index (χ3n) is 2.22. The van der Waals surface area contributed by atoms with Gasteiger partial charge in [-0.15, -0.1) is 11.3 Å². The Labute approximate surface area is 102 Å². The molecule has 1 rings (SSSR count). The second-order valence-corrected chi connectivity index (χ2v) is 4.37. The first-order valence-electron chi connectivity index (χ1n) is 5.11. The van der Waals surface area contributed by atoms with Crippen molar-refractivity contribution in [2.75, 3.05) is 0 Å². The first-order chi connectivity index (χ1) is 7.97. The molecule has 0 bridgehead atoms. The third kappa shape index (κ3) is 3.24. The van der Waals surface area contributed by atoms with Gasteiger partial charge in [0.05, 0.1) is 17.3 Å². The van der Waals surface area contributed by atoms with Crippen LogP contribution >= 0.6 is 11.3 Å². The highest BCUT2D eigenvalue weighted by Crippen LogP contribution is 2.14. The number of hydrogen-bond donors (Lipinski definition) is 3. The lowest BCUT2D eigenvalue weighted by Gasteiger charge is -2.16. The van der Waals surface area contributed by atoms with Gasteiger partial charge in [-0.25, -0.2) is 9.78 Å². The summed E-state index contributed by atoms with van der Waals surface area (Å²) in [6.07, 6.45) is -0.562. The van der Waals surface area contributed by atoms with E-state index in [1.165, 1.54) is 12.4 Å². The molecule has 17 heavy (non-hydrogen) atoms. The molecule has 1 heterocycles. The number of aliphatic hydroxyl groups excluding tert-OH is 1. The van der Waals surface area contributed by atoms with Gasteiger partial charge >= 0.3 is 5.97 Å². The molecule has 0 radical (unpaired) electrons. The Morgan fingerprint density at radius 1 is 1.59 bits per heavy atom. The fourth-order valence-corrected chi connectivity index (χ4v) is 2.09. The van der Waals surface area contributed by atoms with Gasteiger partial charge in [-0.2, -0.15) is 0 Å². The molecule has 0 saturated carbocycles. The van der Waals surface area contributed by atoms with Crippen LogP contribution in [-0.2, 0) is 11.2 Å². The minimum atomic E-state index is -1.31. The SMILES string of the molecule is CCc1ncsc1C(=O)NC(C(=O)O)C(C)O. The molecule has 1 amide bonds. The zero-order chi connectivity index (χ0) is 13.0. The monoisotopic (exact) mass is 258 g/mol. The molecule has 0 saturated heterocycles. The van der Waals surface area contributed by atoms with Crippen LogP contribution in [-0.4, -0.2) is 39.2 Å². The Morgan fingerprint density at radius 3 is 2.71 bits per heavy atom. The van der Waals surface area contributed by atoms with E-state index in [4.69, 9.17) is 5.11 Å². The molecule has 1 aromatic heterocycles. The Balaban J connectivity index is 2.81. The Kier molecular flexibility index (Phi) is 4.59. The smallest absolute Gasteiger partial charge is 0.328 e. The lowest BCUT2D eigenvalue weighted by atomic mass is 10.2. The minimum Gasteiger partial charge on any atom is -0.480 e. The van der Waals surface area contributed by atoms with Gasteiger partial charge in [0.25, 0.3) is 5.91 Å². The van der Waals surface area contributed by atoms with Gasteiger partial charge in [-0.1, -0.05) is 6.92 Å². The molecule has 3 N–H and O–H groups in total. The van der Waals surface area contributed by atoms with E-state index >= 15 is 0 Å². The summed E-state index contributed by atoms with van der Waals surface area (Å²) in [4.78, 5) is 27.0. The predicted molar refractivity (Wildman–Crippen MR) is 62.1 cm³/mol. The third-order valence-corrected chi connectivity index (χ3v) is 3.08. The second kappa shape index (κ2) is 5.74. The van der Waals surface area contributed by atoms with Crippen LogP contribution in [0.15, 0.2) is 5.51 Å². The number of carbonyl (C=O) groups excluding carboxylic acids is 1. The molecule has 0 fully saturated rings. The molecule has 7 heteroatoms. The average Bonchev–Trinajstić information content (AvgIpc) is 2.72. The Hall–Kier alpha value is -1.47. The second-order valence-electron chi connectivity index (χ2n) is 3.51. The van der Waals surface area contributed by atoms with Gasteiger partial charge in [0.15, 0.2) is 6.04 Å². The number of aliphatic hydroxyl groups is 1. The van der Waals surface area contributed by atoms with E-state index in [-0.39, 0.29) is 0 Å². The maximum absolute atomic E-state index is 11.8. The number of carbonyl (C=O) groups is 2. The first-order valence-corrected chi connectivity index (χ1v) is 5.99. The Bertz CT molecular complexity index is 416. The maximum atomic E-state index is 11.8. The van der Waals surface area contributed by atoms with E-state index < -0.39 is 24.0 Å². The molecule has 6 nitrogen and oxygen atoms in total. The van der Waals surface area contributed by atoms with Crippen molar-refractivity contribution in [3.05, 3.63) is 16.1 Å². The fraction of sp³-hybridized carbons (Fsp3) is 0.500. The summed E-state index contributed by atoms with van der Waals surface area (Å²) in [5.41, 5.74) is 2.16. The van der Waals surface area contributed by atoms with Crippen molar-refractivity contribution in [3.63, 3.8) is 0 Å². The van der Waals surface area contributed by atoms with Gasteiger partial charge in [0.1, 0.15) is 4.88 Å². The van der Waals surface area contributed by atoms with Crippen LogP contribution in [0.3, 0.4) is 0 Å². The standard InChI is InChI=1S/C10H14N2O4S/c1-3-6-8(17-4-11-6)9(14)12-7(5(2)13)10(15)16/h4-5,7,13H,3H2,1-2H3,(H,12,14)(H,15,16). The summed E-state index contributed by atoms with van der Waals surface area (Å²) in [5, 5.41) is 20.4. The van der Waals surface area contributed by atoms with Crippen molar-refractivity contribution in [3.8, 4) is 0 Å². The summed E-state index contributed by atoms with van der Waals surface area (Å²) in [6.45, 7) is 3.17. The summed E-state index contributed by atoms with van der Waals surface area (Å²) >= 11 is 1.15. The molecular formula is C10H14N2O4S. The number of amides is 1. The lowest BCUT2D eigenvalue weighted by molar-refractivity contribution is -0.141. The number of rotatable bonds is 5. The molecule has 1 aromatic rings. The largest absolute Gasteiger partial charge is 0.480 e. The molecule has 2 atom stereocenters. The summed E-state index contributed by atoms with van der Waals surface area (Å²) < 4.78 is 0. The molecule has 2 unspecified atom stereocenters. The zero-order valence-electron chi connectivity index (χ0n) is 9.51. The van der Waals surface area contributed by atoms with E-state index in [1.807, 2.05) is 6.92 Å². The molecule has 0 aliphatic rings. The zero-order valence-corrected chi connectivity index (χ0v) is 10.3. The molecule has 94 valence electrons. The topological polar surface area (TPSA) is 99.5 Å². The van der Waals surface area contributed by atoms with Crippen LogP contribution in [0.4, 0.5) is 0 Å². The summed E-state index contributed by atoms with van der Waals surface area (Å²) in [7, 11) is 0. The van der Waals surface area contributed by atoms with Crippen molar-refractivity contribution in [1.82, 2.24) is 10.3 Å². The highest BCUT2D eigenvalue weighted by Gasteiger charge is 2.26. The van der Waals surface area contributed by atoms with E-state index in [9.17, 15) is 14.7 Å². The number of thiazole rings is 1. The summed E-state index contributed by atoms with van der Waals surface area (Å²) in [6, 6.07) is -1.31. The van der Waals surface area contributed by atoms with Gasteiger partial charge < -0.3 is 15.5 Å². The highest BCUT2D eigenvalue weighted by molar-refractivity contribution is 7.11. The lowest BCUT2D eigenvalue weighted by Crippen LogP contribution is -2.47. The van der Waals surface area contributed by atoms with Crippen LogP contribution in [0.25, 0.3) is 0 Å². The normalized spacial score (nSPS) is 14.1. The van der Waals surface area contributed by atoms with Crippen molar-refractivity contribution >= 4 is 23.2 Å². The number of carboxylic acids is 1. The molecular weight excluding hydrogens is 244 g/mol. The number of aromatic nitrogens is 1. The summed E-state index contributed by atoms with van der Waals surface area (Å²) in [5.74, 6) is -1.78. The number of nitrogens with zero attached hydrogens (tertiary/aromatic N) is 1. The number of aryl methyl sites for hydroxylation is 1. The van der Waals surface area contributed by atoms with E-state index in [0.29, 0.717) is 17.0 Å². The first kappa shape index (κ1) is 13.6. The molecule has 0 aromatic carbocycles. The number of aliphatic carboxylic acids is 1. The number of hydrogen-bond acceptors (Lipinski definition) is 5. The van der Waals surface area contributed by atoms with E-state index in [1.54, 1.807) is 0 Å². The van der Waals surface area contributed by atoms with Gasteiger partial charge in [-0.05, 0) is 13.3 Å². The van der Waals surface area contributed by atoms with Gasteiger partial charge in [-0.3, -0.25) is 4.79 Å². The average molecular weight is 258 g/mol. The van der Waals surface area contributed by atoms with Crippen molar-refractivity contribution in [1.29, 1.82) is 0 Å². The van der Waals surface area contributed by atoms with E-state index in [0.717, 1.165) is 11.3 Å². The Morgan fingerprint density at radius 2 is 2.24 bits per heavy atom. The van der Waals surface area contributed by atoms with Crippen LogP contribution in [0.2, 0.25) is 0 Å². The molecule has 0 aliphatic carbocycles. The van der Waals surface area contributed by atoms with Crippen molar-refractivity contribution < 1.29 is 19.8 Å². The fourth-order valence-electron chi connectivity index (χ4n) is 1.30. The number of carboxylic acid groups (broad SMARTS) is 1. The molecule has 0 spiro atoms. The van der Waals surface area contributed by atoms with Gasteiger partial charge in [0.2, 0.25) is 0 Å². The van der Waals surface area contributed by atoms with Crippen LogP contribution in [0.1, 0.15) is 29.2 Å². The van der Waals surface area contributed by atoms with Crippen LogP contribution < -0.4 is 5.32 Å². The van der Waals surface area contributed by atoms with Crippen LogP contribution in [0, 0.1) is 0 Å². The maximum Gasteiger partial charge on any atom is 0.328 e. The van der Waals surface area contributed by atoms with E-state index in [2.05, 4.69) is 10.3 Å². The van der Waals surface area contributed by atoms with Crippen molar-refractivity contribution in [2.24, 2.45) is 0 Å². The minimum absolute atomic E-state index is 0.388. The number of nitrogens with one attached hydrogen (secondary N) is 1. The van der Waals surface area contributed by atoms with Gasteiger partial charge in [0, 0.05) is 0 Å². The molecule has 0 aliphatic heterocycles. The highest BCUT2D eigenvalue weighted by atomic mass is 32.1. The predicted octanol–water partition coefficient (Wildman–Crippen LogP) is 0.269.